The van der Waals surface area contributed by atoms with Crippen LogP contribution in [0.2, 0.25) is 0 Å². The minimum Gasteiger partial charge on any atom is -0.325 e. The first kappa shape index (κ1) is 21.7. The number of aromatic nitrogens is 4. The van der Waals surface area contributed by atoms with Crippen molar-refractivity contribution in [2.24, 2.45) is 7.05 Å². The highest BCUT2D eigenvalue weighted by molar-refractivity contribution is 7.99. The second-order valence-corrected chi connectivity index (χ2v) is 8.78. The molecule has 5 rings (SSSR count). The first-order valence-electron chi connectivity index (χ1n) is 10.9. The van der Waals surface area contributed by atoms with E-state index in [1.54, 1.807) is 11.8 Å². The van der Waals surface area contributed by atoms with Crippen LogP contribution in [0.3, 0.4) is 0 Å². The Bertz CT molecular complexity index is 1320. The summed E-state index contributed by atoms with van der Waals surface area (Å²) in [6, 6.07) is 32.5. The Labute approximate surface area is 202 Å². The van der Waals surface area contributed by atoms with Crippen LogP contribution < -0.4 is 5.32 Å². The van der Waals surface area contributed by atoms with Crippen molar-refractivity contribution in [1.29, 1.82) is 0 Å². The molecule has 1 amide bonds. The first-order chi connectivity index (χ1) is 16.6. The van der Waals surface area contributed by atoms with Crippen molar-refractivity contribution in [3.63, 3.8) is 0 Å². The average molecular weight is 466 g/mol. The number of rotatable bonds is 7. The maximum absolute atomic E-state index is 12.3. The van der Waals surface area contributed by atoms with E-state index >= 15 is 0 Å². The topological polar surface area (TPSA) is 75.6 Å². The third-order valence-corrected chi connectivity index (χ3v) is 6.16. The van der Waals surface area contributed by atoms with Gasteiger partial charge in [-0.05, 0) is 35.4 Å². The zero-order valence-electron chi connectivity index (χ0n) is 18.6. The predicted molar refractivity (Wildman–Crippen MR) is 137 cm³/mol. The number of carbonyl (C=O) groups is 1. The second kappa shape index (κ2) is 9.80. The number of nitrogens with one attached hydrogen (secondary N) is 2. The smallest absolute Gasteiger partial charge is 0.234 e. The maximum Gasteiger partial charge on any atom is 0.234 e. The summed E-state index contributed by atoms with van der Waals surface area (Å²) in [5.41, 5.74) is 6.86. The van der Waals surface area contributed by atoms with Crippen LogP contribution in [-0.2, 0) is 11.8 Å². The molecule has 2 aromatic heterocycles. The third-order valence-electron chi connectivity index (χ3n) is 5.30. The molecule has 0 atom stereocenters. The van der Waals surface area contributed by atoms with Gasteiger partial charge in [0.05, 0.1) is 17.1 Å². The van der Waals surface area contributed by atoms with E-state index in [0.29, 0.717) is 5.75 Å². The van der Waals surface area contributed by atoms with Crippen molar-refractivity contribution in [2.45, 2.75) is 5.16 Å². The fourth-order valence-corrected chi connectivity index (χ4v) is 4.34. The van der Waals surface area contributed by atoms with Crippen LogP contribution in [-0.4, -0.2) is 31.6 Å². The highest BCUT2D eigenvalue weighted by Gasteiger charge is 2.10. The molecule has 2 N–H and O–H groups in total. The van der Waals surface area contributed by atoms with Gasteiger partial charge in [0.15, 0.2) is 0 Å². The molecule has 168 valence electrons. The number of carbonyl (C=O) groups excluding carboxylic acids is 1. The van der Waals surface area contributed by atoms with Gasteiger partial charge in [-0.25, -0.2) is 9.78 Å². The van der Waals surface area contributed by atoms with Gasteiger partial charge < -0.3 is 5.32 Å². The summed E-state index contributed by atoms with van der Waals surface area (Å²) >= 11 is 1.37. The third kappa shape index (κ3) is 5.10. The fraction of sp³-hybridized carbons (Fsp3) is 0.0741. The second-order valence-electron chi connectivity index (χ2n) is 7.81. The summed E-state index contributed by atoms with van der Waals surface area (Å²) in [6.07, 6.45) is 0. The minimum atomic E-state index is -0.0709. The lowest BCUT2D eigenvalue weighted by Gasteiger charge is -2.11. The molecule has 0 unspecified atom stereocenters. The van der Waals surface area contributed by atoms with E-state index in [4.69, 9.17) is 4.98 Å². The van der Waals surface area contributed by atoms with Gasteiger partial charge in [0, 0.05) is 23.9 Å². The lowest BCUT2D eigenvalue weighted by atomic mass is 10.00. The van der Waals surface area contributed by atoms with Crippen LogP contribution in [0.5, 0.6) is 0 Å². The molecule has 0 aliphatic rings. The number of aryl methyl sites for hydroxylation is 1. The van der Waals surface area contributed by atoms with Crippen LogP contribution in [0, 0.1) is 0 Å². The van der Waals surface area contributed by atoms with E-state index in [0.717, 1.165) is 44.5 Å². The highest BCUT2D eigenvalue weighted by Crippen LogP contribution is 2.30. The van der Waals surface area contributed by atoms with Gasteiger partial charge in [-0.3, -0.25) is 9.89 Å². The van der Waals surface area contributed by atoms with Gasteiger partial charge in [-0.2, -0.15) is 0 Å². The molecule has 0 saturated carbocycles. The number of hydrogen-bond donors (Lipinski definition) is 2. The van der Waals surface area contributed by atoms with Crippen LogP contribution >= 0.6 is 11.8 Å². The molecule has 2 heterocycles. The van der Waals surface area contributed by atoms with Crippen molar-refractivity contribution >= 4 is 23.4 Å². The quantitative estimate of drug-likeness (QED) is 0.295. The molecular formula is C27H23N5OS. The Balaban J connectivity index is 1.38. The lowest BCUT2D eigenvalue weighted by molar-refractivity contribution is -0.113. The highest BCUT2D eigenvalue weighted by atomic mass is 32.2. The SMILES string of the molecule is Cn1nc(SCC(=O)Nc2ccc(-c3cc(-c4ccccc4)nc(-c4ccccc4)c3)cc2)[nH]1. The first-order valence-corrected chi connectivity index (χ1v) is 11.9. The van der Waals surface area contributed by atoms with E-state index in [1.807, 2.05) is 60.7 Å². The molecule has 0 aliphatic carbocycles. The Morgan fingerprint density at radius 3 is 1.91 bits per heavy atom. The minimum absolute atomic E-state index is 0.0709. The molecule has 0 saturated heterocycles. The fourth-order valence-electron chi connectivity index (χ4n) is 3.63. The van der Waals surface area contributed by atoms with Crippen molar-refractivity contribution < 1.29 is 4.79 Å². The van der Waals surface area contributed by atoms with Crippen molar-refractivity contribution in [1.82, 2.24) is 20.0 Å². The molecule has 6 nitrogen and oxygen atoms in total. The zero-order valence-corrected chi connectivity index (χ0v) is 19.4. The Morgan fingerprint density at radius 2 is 1.38 bits per heavy atom. The number of anilines is 1. The largest absolute Gasteiger partial charge is 0.325 e. The monoisotopic (exact) mass is 465 g/mol. The number of nitrogens with zero attached hydrogens (tertiary/aromatic N) is 3. The molecule has 34 heavy (non-hydrogen) atoms. The Hall–Kier alpha value is -4.10. The lowest BCUT2D eigenvalue weighted by Crippen LogP contribution is -2.17. The van der Waals surface area contributed by atoms with E-state index in [2.05, 4.69) is 51.9 Å². The number of benzene rings is 3. The molecule has 0 fully saturated rings. The van der Waals surface area contributed by atoms with Crippen LogP contribution in [0.25, 0.3) is 33.6 Å². The van der Waals surface area contributed by atoms with Gasteiger partial charge in [0.2, 0.25) is 11.1 Å². The normalized spacial score (nSPS) is 10.9. The van der Waals surface area contributed by atoms with E-state index in [9.17, 15) is 4.79 Å². The van der Waals surface area contributed by atoms with Crippen molar-refractivity contribution in [2.75, 3.05) is 11.1 Å². The van der Waals surface area contributed by atoms with Gasteiger partial charge in [-0.1, -0.05) is 84.6 Å². The number of amides is 1. The molecule has 0 aliphatic heterocycles. The van der Waals surface area contributed by atoms with Gasteiger partial charge in [0.1, 0.15) is 0 Å². The van der Waals surface area contributed by atoms with E-state index in [-0.39, 0.29) is 5.91 Å². The zero-order chi connectivity index (χ0) is 23.3. The summed E-state index contributed by atoms with van der Waals surface area (Å²) < 4.78 is 0. The van der Waals surface area contributed by atoms with E-state index < -0.39 is 0 Å². The predicted octanol–water partition coefficient (Wildman–Crippen LogP) is 5.88. The van der Waals surface area contributed by atoms with Crippen LogP contribution in [0.15, 0.2) is 102 Å². The number of thioether (sulfide) groups is 1. The van der Waals surface area contributed by atoms with Gasteiger partial charge in [-0.15, -0.1) is 5.10 Å². The van der Waals surface area contributed by atoms with Crippen molar-refractivity contribution in [3.05, 3.63) is 97.1 Å². The summed E-state index contributed by atoms with van der Waals surface area (Å²) in [5.74, 6) is 0.227. The molecule has 7 heteroatoms. The molecule has 0 spiro atoms. The summed E-state index contributed by atoms with van der Waals surface area (Å²) in [6.45, 7) is 0. The number of pyridine rings is 1. The molecule has 3 aromatic carbocycles. The van der Waals surface area contributed by atoms with Crippen LogP contribution in [0.4, 0.5) is 5.69 Å². The summed E-state index contributed by atoms with van der Waals surface area (Å²) in [5, 5.41) is 10.8. The summed E-state index contributed by atoms with van der Waals surface area (Å²) in [7, 11) is 1.81. The van der Waals surface area contributed by atoms with Gasteiger partial charge in [0.25, 0.3) is 0 Å². The number of H-pyrrole nitrogens is 1. The summed E-state index contributed by atoms with van der Waals surface area (Å²) in [4.78, 5) is 18.8. The van der Waals surface area contributed by atoms with Crippen molar-refractivity contribution in [3.8, 4) is 33.6 Å². The number of aromatic amines is 1. The number of hydrogen-bond acceptors (Lipinski definition) is 4. The molecule has 5 aromatic rings. The molecular weight excluding hydrogens is 442 g/mol. The van der Waals surface area contributed by atoms with Gasteiger partial charge >= 0.3 is 0 Å². The van der Waals surface area contributed by atoms with E-state index in [1.165, 1.54) is 11.8 Å². The average Bonchev–Trinajstić information content (AvgIpc) is 2.87. The Morgan fingerprint density at radius 1 is 0.824 bits per heavy atom. The standard InChI is InChI=1S/C27H23N5OS/c1-32-30-27(31-32)34-18-26(33)28-23-14-12-19(13-15-23)22-16-24(20-8-4-2-5-9-20)29-25(17-22)21-10-6-3-7-11-21/h2-17H,18H2,1H3,(H,28,33)(H,30,31). The Kier molecular flexibility index (Phi) is 6.27. The molecule has 0 radical (unpaired) electrons. The van der Waals surface area contributed by atoms with Crippen LogP contribution in [0.1, 0.15) is 0 Å². The maximum atomic E-state index is 12.3. The molecule has 0 bridgehead atoms.